The Bertz CT molecular complexity index is 211. The summed E-state index contributed by atoms with van der Waals surface area (Å²) in [4.78, 5) is 0. The van der Waals surface area contributed by atoms with Crippen LogP contribution in [0.4, 0.5) is 0 Å². The van der Waals surface area contributed by atoms with E-state index < -0.39 is 0 Å². The summed E-state index contributed by atoms with van der Waals surface area (Å²) in [6, 6.07) is 0. The SMILES string of the molecule is NCC1(C2=CCCCC2)CCCCC1. The van der Waals surface area contributed by atoms with Gasteiger partial charge in [0.25, 0.3) is 0 Å². The maximum absolute atomic E-state index is 6.03. The van der Waals surface area contributed by atoms with Gasteiger partial charge in [-0.2, -0.15) is 0 Å². The molecule has 2 aliphatic rings. The van der Waals surface area contributed by atoms with E-state index in [9.17, 15) is 0 Å². The largest absolute Gasteiger partial charge is 0.330 e. The second-order valence-electron chi connectivity index (χ2n) is 5.02. The quantitative estimate of drug-likeness (QED) is 0.668. The molecule has 0 aromatic carbocycles. The van der Waals surface area contributed by atoms with E-state index >= 15 is 0 Å². The molecule has 2 rings (SSSR count). The molecule has 1 saturated carbocycles. The van der Waals surface area contributed by atoms with Crippen LogP contribution in [0.15, 0.2) is 11.6 Å². The fraction of sp³-hybridized carbons (Fsp3) is 0.846. The first kappa shape index (κ1) is 10.2. The molecule has 1 fully saturated rings. The van der Waals surface area contributed by atoms with Gasteiger partial charge >= 0.3 is 0 Å². The van der Waals surface area contributed by atoms with Gasteiger partial charge < -0.3 is 5.73 Å². The van der Waals surface area contributed by atoms with Crippen molar-refractivity contribution in [3.63, 3.8) is 0 Å². The lowest BCUT2D eigenvalue weighted by molar-refractivity contribution is 0.237. The van der Waals surface area contributed by atoms with Crippen molar-refractivity contribution >= 4 is 0 Å². The number of nitrogens with two attached hydrogens (primary N) is 1. The molecule has 0 atom stereocenters. The number of hydrogen-bond donors (Lipinski definition) is 1. The molecule has 2 N–H and O–H groups in total. The van der Waals surface area contributed by atoms with Crippen molar-refractivity contribution in [2.75, 3.05) is 6.54 Å². The molecule has 0 aromatic rings. The summed E-state index contributed by atoms with van der Waals surface area (Å²) in [7, 11) is 0. The van der Waals surface area contributed by atoms with E-state index in [-0.39, 0.29) is 0 Å². The maximum Gasteiger partial charge on any atom is 0.00345 e. The third-order valence-corrected chi connectivity index (χ3v) is 4.17. The summed E-state index contributed by atoms with van der Waals surface area (Å²) in [5.74, 6) is 0. The van der Waals surface area contributed by atoms with Crippen LogP contribution in [-0.2, 0) is 0 Å². The third kappa shape index (κ3) is 1.88. The lowest BCUT2D eigenvalue weighted by Crippen LogP contribution is -2.35. The zero-order chi connectivity index (χ0) is 9.86. The minimum Gasteiger partial charge on any atom is -0.330 e. The summed E-state index contributed by atoms with van der Waals surface area (Å²) in [5.41, 5.74) is 8.17. The van der Waals surface area contributed by atoms with Crippen LogP contribution in [0.3, 0.4) is 0 Å². The van der Waals surface area contributed by atoms with Gasteiger partial charge in [-0.1, -0.05) is 30.9 Å². The van der Waals surface area contributed by atoms with Gasteiger partial charge in [-0.25, -0.2) is 0 Å². The van der Waals surface area contributed by atoms with Crippen LogP contribution in [0.5, 0.6) is 0 Å². The van der Waals surface area contributed by atoms with E-state index in [1.165, 1.54) is 57.8 Å². The van der Waals surface area contributed by atoms with Crippen LogP contribution in [0.2, 0.25) is 0 Å². The van der Waals surface area contributed by atoms with Crippen LogP contribution in [0.1, 0.15) is 57.8 Å². The fourth-order valence-corrected chi connectivity index (χ4v) is 3.20. The Kier molecular flexibility index (Phi) is 3.27. The molecule has 14 heavy (non-hydrogen) atoms. The van der Waals surface area contributed by atoms with Gasteiger partial charge in [-0.3, -0.25) is 0 Å². The summed E-state index contributed by atoms with van der Waals surface area (Å²) in [5, 5.41) is 0. The Labute approximate surface area is 87.8 Å². The highest BCUT2D eigenvalue weighted by molar-refractivity contribution is 5.18. The van der Waals surface area contributed by atoms with Crippen molar-refractivity contribution in [2.45, 2.75) is 57.8 Å². The molecule has 0 aromatic heterocycles. The highest BCUT2D eigenvalue weighted by atomic mass is 14.6. The number of allylic oxidation sites excluding steroid dienone is 1. The third-order valence-electron chi connectivity index (χ3n) is 4.17. The lowest BCUT2D eigenvalue weighted by atomic mass is 9.66. The minimum absolute atomic E-state index is 0.429. The molecule has 0 spiro atoms. The van der Waals surface area contributed by atoms with Gasteiger partial charge in [0, 0.05) is 12.0 Å². The Hall–Kier alpha value is -0.300. The van der Waals surface area contributed by atoms with Gasteiger partial charge in [0.1, 0.15) is 0 Å². The normalized spacial score (nSPS) is 27.1. The average Bonchev–Trinajstić information content (AvgIpc) is 2.31. The predicted octanol–water partition coefficient (Wildman–Crippen LogP) is 3.40. The smallest absolute Gasteiger partial charge is 0.00345 e. The van der Waals surface area contributed by atoms with Gasteiger partial charge in [-0.05, 0) is 38.5 Å². The molecular weight excluding hydrogens is 170 g/mol. The minimum atomic E-state index is 0.429. The molecule has 0 amide bonds. The zero-order valence-corrected chi connectivity index (χ0v) is 9.23. The Balaban J connectivity index is 2.12. The van der Waals surface area contributed by atoms with Crippen LogP contribution < -0.4 is 5.73 Å². The van der Waals surface area contributed by atoms with E-state index in [1.54, 1.807) is 5.57 Å². The Morgan fingerprint density at radius 1 is 1.07 bits per heavy atom. The van der Waals surface area contributed by atoms with Crippen LogP contribution in [0, 0.1) is 5.41 Å². The number of hydrogen-bond acceptors (Lipinski definition) is 1. The maximum atomic E-state index is 6.03. The first-order valence-corrected chi connectivity index (χ1v) is 6.27. The first-order chi connectivity index (χ1) is 6.87. The van der Waals surface area contributed by atoms with Gasteiger partial charge in [-0.15, -0.1) is 0 Å². The molecule has 0 radical (unpaired) electrons. The van der Waals surface area contributed by atoms with E-state index in [2.05, 4.69) is 6.08 Å². The summed E-state index contributed by atoms with van der Waals surface area (Å²) in [6.07, 6.45) is 14.9. The standard InChI is InChI=1S/C13H23N/c14-11-13(9-5-2-6-10-13)12-7-3-1-4-8-12/h7H,1-6,8-11,14H2. The molecule has 0 aliphatic heterocycles. The van der Waals surface area contributed by atoms with E-state index in [1.807, 2.05) is 0 Å². The molecule has 0 saturated heterocycles. The fourth-order valence-electron chi connectivity index (χ4n) is 3.20. The average molecular weight is 193 g/mol. The second kappa shape index (κ2) is 4.48. The lowest BCUT2D eigenvalue weighted by Gasteiger charge is -2.40. The molecular formula is C13H23N. The highest BCUT2D eigenvalue weighted by Gasteiger charge is 2.34. The van der Waals surface area contributed by atoms with Crippen LogP contribution >= 0.6 is 0 Å². The van der Waals surface area contributed by atoms with E-state index in [0.717, 1.165) is 6.54 Å². The van der Waals surface area contributed by atoms with Crippen LogP contribution in [-0.4, -0.2) is 6.54 Å². The van der Waals surface area contributed by atoms with Crippen LogP contribution in [0.25, 0.3) is 0 Å². The monoisotopic (exact) mass is 193 g/mol. The van der Waals surface area contributed by atoms with Gasteiger partial charge in [0.05, 0.1) is 0 Å². The zero-order valence-electron chi connectivity index (χ0n) is 9.23. The Morgan fingerprint density at radius 3 is 2.43 bits per heavy atom. The molecule has 1 nitrogen and oxygen atoms in total. The van der Waals surface area contributed by atoms with Gasteiger partial charge in [0.2, 0.25) is 0 Å². The topological polar surface area (TPSA) is 26.0 Å². The summed E-state index contributed by atoms with van der Waals surface area (Å²) < 4.78 is 0. The van der Waals surface area contributed by atoms with Crippen molar-refractivity contribution in [3.05, 3.63) is 11.6 Å². The first-order valence-electron chi connectivity index (χ1n) is 6.27. The highest BCUT2D eigenvalue weighted by Crippen LogP contribution is 2.44. The van der Waals surface area contributed by atoms with Crippen molar-refractivity contribution in [2.24, 2.45) is 11.1 Å². The van der Waals surface area contributed by atoms with Gasteiger partial charge in [0.15, 0.2) is 0 Å². The molecule has 80 valence electrons. The molecule has 0 heterocycles. The molecule has 0 unspecified atom stereocenters. The summed E-state index contributed by atoms with van der Waals surface area (Å²) in [6.45, 7) is 0.888. The molecule has 2 aliphatic carbocycles. The number of rotatable bonds is 2. The van der Waals surface area contributed by atoms with Crippen molar-refractivity contribution in [1.29, 1.82) is 0 Å². The molecule has 0 bridgehead atoms. The van der Waals surface area contributed by atoms with Crippen molar-refractivity contribution in [1.82, 2.24) is 0 Å². The molecule has 1 heteroatoms. The van der Waals surface area contributed by atoms with Crippen molar-refractivity contribution < 1.29 is 0 Å². The van der Waals surface area contributed by atoms with E-state index in [0.29, 0.717) is 5.41 Å². The second-order valence-corrected chi connectivity index (χ2v) is 5.02. The van der Waals surface area contributed by atoms with E-state index in [4.69, 9.17) is 5.73 Å². The van der Waals surface area contributed by atoms with Crippen molar-refractivity contribution in [3.8, 4) is 0 Å². The summed E-state index contributed by atoms with van der Waals surface area (Å²) >= 11 is 0. The Morgan fingerprint density at radius 2 is 1.86 bits per heavy atom. The predicted molar refractivity (Wildman–Crippen MR) is 61.1 cm³/mol.